The Bertz CT molecular complexity index is 758. The highest BCUT2D eigenvalue weighted by molar-refractivity contribution is 7.92. The predicted molar refractivity (Wildman–Crippen MR) is 75.0 cm³/mol. The molecule has 7 nitrogen and oxygen atoms in total. The molecule has 21 heavy (non-hydrogen) atoms. The summed E-state index contributed by atoms with van der Waals surface area (Å²) in [4.78, 5) is 0. The van der Waals surface area contributed by atoms with E-state index in [0.717, 1.165) is 6.07 Å². The first-order valence-electron chi connectivity index (χ1n) is 5.99. The van der Waals surface area contributed by atoms with Crippen LogP contribution >= 0.6 is 0 Å². The summed E-state index contributed by atoms with van der Waals surface area (Å²) >= 11 is 0. The highest BCUT2D eigenvalue weighted by atomic mass is 32.2. The lowest BCUT2D eigenvalue weighted by Gasteiger charge is -2.09. The van der Waals surface area contributed by atoms with Gasteiger partial charge in [-0.25, -0.2) is 4.39 Å². The summed E-state index contributed by atoms with van der Waals surface area (Å²) in [7, 11) is -2.63. The van der Waals surface area contributed by atoms with Crippen molar-refractivity contribution in [3.05, 3.63) is 35.3 Å². The van der Waals surface area contributed by atoms with Gasteiger partial charge in [0.15, 0.2) is 11.6 Å². The number of rotatable bonds is 5. The zero-order valence-corrected chi connectivity index (χ0v) is 12.3. The first kappa shape index (κ1) is 15.3. The highest BCUT2D eigenvalue weighted by Crippen LogP contribution is 2.24. The van der Waals surface area contributed by atoms with Crippen LogP contribution in [0.1, 0.15) is 11.3 Å². The molecule has 0 aliphatic heterocycles. The lowest BCUT2D eigenvalue weighted by atomic mass is 10.3. The van der Waals surface area contributed by atoms with Crippen molar-refractivity contribution in [3.8, 4) is 5.75 Å². The van der Waals surface area contributed by atoms with Gasteiger partial charge in [0, 0.05) is 23.9 Å². The number of ether oxygens (including phenoxy) is 1. The van der Waals surface area contributed by atoms with Gasteiger partial charge in [0.2, 0.25) is 5.03 Å². The van der Waals surface area contributed by atoms with Crippen molar-refractivity contribution in [1.82, 2.24) is 10.2 Å². The fourth-order valence-corrected chi connectivity index (χ4v) is 3.08. The lowest BCUT2D eigenvalue weighted by molar-refractivity contribution is 0.387. The Morgan fingerprint density at radius 1 is 1.48 bits per heavy atom. The van der Waals surface area contributed by atoms with E-state index < -0.39 is 15.8 Å². The molecule has 0 amide bonds. The van der Waals surface area contributed by atoms with Crippen LogP contribution < -0.4 is 15.2 Å². The Kier molecular flexibility index (Phi) is 4.14. The molecule has 0 saturated carbocycles. The Morgan fingerprint density at radius 3 is 2.81 bits per heavy atom. The van der Waals surface area contributed by atoms with E-state index in [0.29, 0.717) is 11.3 Å². The van der Waals surface area contributed by atoms with E-state index in [1.807, 2.05) is 0 Å². The molecule has 1 heterocycles. The maximum Gasteiger partial charge on any atom is 0.281 e. The second kappa shape index (κ2) is 5.70. The van der Waals surface area contributed by atoms with E-state index in [1.165, 1.54) is 19.2 Å². The molecule has 0 spiro atoms. The predicted octanol–water partition coefficient (Wildman–Crippen LogP) is 1.13. The minimum Gasteiger partial charge on any atom is -0.494 e. The molecule has 2 rings (SSSR count). The second-order valence-corrected chi connectivity index (χ2v) is 5.89. The Morgan fingerprint density at radius 2 is 2.19 bits per heavy atom. The largest absolute Gasteiger partial charge is 0.494 e. The minimum atomic E-state index is -3.92. The summed E-state index contributed by atoms with van der Waals surface area (Å²) in [5.74, 6) is -0.647. The van der Waals surface area contributed by atoms with Gasteiger partial charge < -0.3 is 10.5 Å². The molecule has 0 aliphatic carbocycles. The molecular formula is C12H15FN4O3S. The topological polar surface area (TPSA) is 110 Å². The van der Waals surface area contributed by atoms with Crippen LogP contribution in [-0.2, 0) is 16.6 Å². The van der Waals surface area contributed by atoms with Gasteiger partial charge in [-0.15, -0.1) is 0 Å². The van der Waals surface area contributed by atoms with Crippen LogP contribution in [0.15, 0.2) is 23.2 Å². The van der Waals surface area contributed by atoms with E-state index in [-0.39, 0.29) is 23.0 Å². The number of nitrogens with two attached hydrogens (primary N) is 1. The molecule has 2 aromatic rings. The van der Waals surface area contributed by atoms with E-state index in [2.05, 4.69) is 14.9 Å². The highest BCUT2D eigenvalue weighted by Gasteiger charge is 2.23. The van der Waals surface area contributed by atoms with Crippen molar-refractivity contribution in [2.75, 3.05) is 11.8 Å². The number of aryl methyl sites for hydroxylation is 1. The van der Waals surface area contributed by atoms with Crippen LogP contribution in [0.25, 0.3) is 0 Å². The zero-order valence-electron chi connectivity index (χ0n) is 11.5. The summed E-state index contributed by atoms with van der Waals surface area (Å²) < 4.78 is 45.0. The molecule has 0 aliphatic rings. The molecule has 0 bridgehead atoms. The van der Waals surface area contributed by atoms with Gasteiger partial charge in [-0.05, 0) is 19.1 Å². The van der Waals surface area contributed by atoms with E-state index in [1.54, 1.807) is 6.92 Å². The number of nitrogens with zero attached hydrogens (tertiary/aromatic N) is 1. The number of sulfonamides is 1. The van der Waals surface area contributed by atoms with Crippen molar-refractivity contribution in [1.29, 1.82) is 0 Å². The van der Waals surface area contributed by atoms with Crippen LogP contribution in [0.2, 0.25) is 0 Å². The Hall–Kier alpha value is -2.13. The summed E-state index contributed by atoms with van der Waals surface area (Å²) in [5.41, 5.74) is 6.67. The molecule has 9 heteroatoms. The lowest BCUT2D eigenvalue weighted by Crippen LogP contribution is -2.16. The van der Waals surface area contributed by atoms with Gasteiger partial charge in [-0.3, -0.25) is 9.82 Å². The third kappa shape index (κ3) is 2.98. The molecule has 0 atom stereocenters. The van der Waals surface area contributed by atoms with Crippen LogP contribution in [0, 0.1) is 12.7 Å². The van der Waals surface area contributed by atoms with Crippen LogP contribution in [0.4, 0.5) is 10.1 Å². The monoisotopic (exact) mass is 314 g/mol. The van der Waals surface area contributed by atoms with Crippen molar-refractivity contribution in [3.63, 3.8) is 0 Å². The molecule has 0 fully saturated rings. The normalized spacial score (nSPS) is 11.4. The summed E-state index contributed by atoms with van der Waals surface area (Å²) in [6.07, 6.45) is 0. The minimum absolute atomic E-state index is 0.0331. The number of halogens is 1. The maximum absolute atomic E-state index is 13.3. The van der Waals surface area contributed by atoms with Gasteiger partial charge >= 0.3 is 0 Å². The smallest absolute Gasteiger partial charge is 0.281 e. The number of H-pyrrole nitrogens is 1. The molecule has 1 aromatic heterocycles. The maximum atomic E-state index is 13.3. The standard InChI is InChI=1S/C12H15FN4O3S/c1-7-9(6-14)12(16-15-7)21(18,19)17-8-3-4-10(13)11(5-8)20-2/h3-5,17H,6,14H2,1-2H3,(H,15,16). The number of hydrogen-bond acceptors (Lipinski definition) is 5. The van der Waals surface area contributed by atoms with Gasteiger partial charge in [-0.2, -0.15) is 13.5 Å². The molecule has 4 N–H and O–H groups in total. The van der Waals surface area contributed by atoms with E-state index >= 15 is 0 Å². The quantitative estimate of drug-likeness (QED) is 0.766. The number of hydrogen-bond donors (Lipinski definition) is 3. The molecule has 0 saturated heterocycles. The summed E-state index contributed by atoms with van der Waals surface area (Å²) in [5, 5.41) is 6.16. The zero-order chi connectivity index (χ0) is 15.6. The number of aromatic amines is 1. The van der Waals surface area contributed by atoms with Gasteiger partial charge in [0.05, 0.1) is 12.8 Å². The first-order chi connectivity index (χ1) is 9.89. The van der Waals surface area contributed by atoms with Gasteiger partial charge in [0.1, 0.15) is 0 Å². The third-order valence-electron chi connectivity index (χ3n) is 2.90. The van der Waals surface area contributed by atoms with Crippen molar-refractivity contribution >= 4 is 15.7 Å². The number of methoxy groups -OCH3 is 1. The number of aromatic nitrogens is 2. The van der Waals surface area contributed by atoms with Crippen molar-refractivity contribution in [2.24, 2.45) is 5.73 Å². The Labute approximate surface area is 121 Å². The van der Waals surface area contributed by atoms with E-state index in [9.17, 15) is 12.8 Å². The third-order valence-corrected chi connectivity index (χ3v) is 4.25. The SMILES string of the molecule is COc1cc(NS(=O)(=O)c2n[nH]c(C)c2CN)ccc1F. The number of anilines is 1. The Balaban J connectivity index is 2.37. The first-order valence-corrected chi connectivity index (χ1v) is 7.47. The van der Waals surface area contributed by atoms with Crippen LogP contribution in [-0.4, -0.2) is 25.7 Å². The molecular weight excluding hydrogens is 299 g/mol. The van der Waals surface area contributed by atoms with E-state index in [4.69, 9.17) is 10.5 Å². The fourth-order valence-electron chi connectivity index (χ4n) is 1.82. The fraction of sp³-hybridized carbons (Fsp3) is 0.250. The van der Waals surface area contributed by atoms with Gasteiger partial charge in [0.25, 0.3) is 10.0 Å². The second-order valence-electron chi connectivity index (χ2n) is 4.29. The molecule has 0 unspecified atom stereocenters. The summed E-state index contributed by atoms with van der Waals surface area (Å²) in [6.45, 7) is 1.71. The molecule has 114 valence electrons. The van der Waals surface area contributed by atoms with Gasteiger partial charge in [-0.1, -0.05) is 0 Å². The molecule has 1 aromatic carbocycles. The average Bonchev–Trinajstić information content (AvgIpc) is 2.82. The number of nitrogens with one attached hydrogen (secondary N) is 2. The number of benzene rings is 1. The van der Waals surface area contributed by atoms with Crippen LogP contribution in [0.3, 0.4) is 0 Å². The molecule has 0 radical (unpaired) electrons. The van der Waals surface area contributed by atoms with Crippen LogP contribution in [0.5, 0.6) is 5.75 Å². The average molecular weight is 314 g/mol. The van der Waals surface area contributed by atoms with Crippen molar-refractivity contribution in [2.45, 2.75) is 18.5 Å². The summed E-state index contributed by atoms with van der Waals surface area (Å²) in [6, 6.07) is 3.64. The van der Waals surface area contributed by atoms with Crippen molar-refractivity contribution < 1.29 is 17.5 Å².